The highest BCUT2D eigenvalue weighted by atomic mass is 32.1. The lowest BCUT2D eigenvalue weighted by Crippen LogP contribution is -2.22. The molecule has 0 saturated carbocycles. The molecule has 1 aromatic heterocycles. The molecule has 0 radical (unpaired) electrons. The average Bonchev–Trinajstić information content (AvgIpc) is 2.89. The second-order valence-corrected chi connectivity index (χ2v) is 5.27. The van der Waals surface area contributed by atoms with Gasteiger partial charge in [-0.15, -0.1) is 6.58 Å². The highest BCUT2D eigenvalue weighted by molar-refractivity contribution is 7.11. The first-order valence-corrected chi connectivity index (χ1v) is 6.76. The van der Waals surface area contributed by atoms with Gasteiger partial charge in [-0.1, -0.05) is 35.6 Å². The standard InChI is InChI=1S/C14H11N3O2S/c1-2-7-17-13(19)11(20-14(17)15)10-8-5-3-4-6-9(8)16-12(10)18/h2-6,15,19H,1,7H2. The number of aromatic hydroxyl groups is 1. The summed E-state index contributed by atoms with van der Waals surface area (Å²) in [6, 6.07) is 7.17. The third-order valence-electron chi connectivity index (χ3n) is 3.05. The normalized spacial score (nSPS) is 13.2. The van der Waals surface area contributed by atoms with Crippen molar-refractivity contribution in [2.45, 2.75) is 6.54 Å². The zero-order chi connectivity index (χ0) is 14.3. The van der Waals surface area contributed by atoms with E-state index in [1.165, 1.54) is 4.57 Å². The fourth-order valence-electron chi connectivity index (χ4n) is 2.16. The summed E-state index contributed by atoms with van der Waals surface area (Å²) in [7, 11) is 0. The quantitative estimate of drug-likeness (QED) is 0.795. The molecular formula is C14H11N3O2S. The molecule has 1 aliphatic rings. The Morgan fingerprint density at radius 3 is 2.95 bits per heavy atom. The third kappa shape index (κ3) is 1.73. The minimum absolute atomic E-state index is 0.0878. The Bertz CT molecular complexity index is 905. The molecule has 2 aromatic rings. The molecule has 0 bridgehead atoms. The van der Waals surface area contributed by atoms with Crippen molar-refractivity contribution in [3.05, 3.63) is 57.2 Å². The number of nitrogens with one attached hydrogen (secondary N) is 1. The largest absolute Gasteiger partial charge is 0.493 e. The minimum atomic E-state index is -0.381. The molecule has 0 fully saturated rings. The number of nitrogens with zero attached hydrogens (tertiary/aromatic N) is 2. The Morgan fingerprint density at radius 1 is 1.45 bits per heavy atom. The van der Waals surface area contributed by atoms with Gasteiger partial charge in [0.1, 0.15) is 4.88 Å². The van der Waals surface area contributed by atoms with Crippen molar-refractivity contribution in [1.82, 2.24) is 4.57 Å². The van der Waals surface area contributed by atoms with E-state index in [-0.39, 0.29) is 16.6 Å². The van der Waals surface area contributed by atoms with E-state index in [1.54, 1.807) is 24.3 Å². The molecule has 1 amide bonds. The van der Waals surface area contributed by atoms with E-state index < -0.39 is 0 Å². The maximum atomic E-state index is 12.1. The first kappa shape index (κ1) is 12.6. The van der Waals surface area contributed by atoms with Crippen molar-refractivity contribution in [2.24, 2.45) is 4.99 Å². The summed E-state index contributed by atoms with van der Waals surface area (Å²) < 4.78 is 1.40. The van der Waals surface area contributed by atoms with Gasteiger partial charge < -0.3 is 5.11 Å². The average molecular weight is 285 g/mol. The van der Waals surface area contributed by atoms with Crippen LogP contribution in [0.2, 0.25) is 0 Å². The fourth-order valence-corrected chi connectivity index (χ4v) is 3.13. The molecule has 3 rings (SSSR count). The van der Waals surface area contributed by atoms with Crippen molar-refractivity contribution in [1.29, 1.82) is 5.41 Å². The van der Waals surface area contributed by atoms with E-state index in [9.17, 15) is 9.90 Å². The Morgan fingerprint density at radius 2 is 2.20 bits per heavy atom. The van der Waals surface area contributed by atoms with Gasteiger partial charge in [-0.3, -0.25) is 14.8 Å². The number of carbonyl (C=O) groups is 1. The maximum absolute atomic E-state index is 12.1. The van der Waals surface area contributed by atoms with Gasteiger partial charge in [0.05, 0.1) is 10.9 Å². The van der Waals surface area contributed by atoms with E-state index in [0.717, 1.165) is 11.3 Å². The number of carbonyl (C=O) groups excluding carboxylic acids is 1. The van der Waals surface area contributed by atoms with Gasteiger partial charge in [-0.05, 0) is 6.07 Å². The van der Waals surface area contributed by atoms with Gasteiger partial charge >= 0.3 is 0 Å². The van der Waals surface area contributed by atoms with Crippen LogP contribution in [0.4, 0.5) is 0 Å². The number of aromatic nitrogens is 1. The molecule has 20 heavy (non-hydrogen) atoms. The summed E-state index contributed by atoms with van der Waals surface area (Å²) in [6.07, 6.45) is 1.59. The SMILES string of the molecule is C=CCn1c(O)c(C2=c3ccccc3=NC2=O)sc1=N. The van der Waals surface area contributed by atoms with Crippen LogP contribution in [-0.4, -0.2) is 15.6 Å². The van der Waals surface area contributed by atoms with Crippen LogP contribution >= 0.6 is 11.3 Å². The lowest BCUT2D eigenvalue weighted by atomic mass is 10.1. The first-order valence-electron chi connectivity index (χ1n) is 5.94. The van der Waals surface area contributed by atoms with E-state index >= 15 is 0 Å². The summed E-state index contributed by atoms with van der Waals surface area (Å²) >= 11 is 1.06. The summed E-state index contributed by atoms with van der Waals surface area (Å²) in [4.78, 5) is 16.6. The van der Waals surface area contributed by atoms with Gasteiger partial charge in [0.25, 0.3) is 5.91 Å². The number of para-hydroxylation sites is 1. The number of allylic oxidation sites excluding steroid dienone is 1. The highest BCUT2D eigenvalue weighted by Gasteiger charge is 2.24. The molecule has 0 spiro atoms. The molecule has 5 nitrogen and oxygen atoms in total. The Labute approximate surface area is 118 Å². The topological polar surface area (TPSA) is 78.4 Å². The van der Waals surface area contributed by atoms with Gasteiger partial charge in [0.2, 0.25) is 5.88 Å². The van der Waals surface area contributed by atoms with Crippen molar-refractivity contribution in [3.8, 4) is 5.88 Å². The van der Waals surface area contributed by atoms with Crippen molar-refractivity contribution in [2.75, 3.05) is 0 Å². The van der Waals surface area contributed by atoms with Crippen molar-refractivity contribution in [3.63, 3.8) is 0 Å². The summed E-state index contributed by atoms with van der Waals surface area (Å²) in [6.45, 7) is 3.91. The molecule has 2 heterocycles. The van der Waals surface area contributed by atoms with Crippen LogP contribution in [0.5, 0.6) is 5.88 Å². The lowest BCUT2D eigenvalue weighted by molar-refractivity contribution is -0.112. The van der Waals surface area contributed by atoms with Crippen LogP contribution in [-0.2, 0) is 11.3 Å². The second kappa shape index (κ2) is 4.57. The summed E-state index contributed by atoms with van der Waals surface area (Å²) in [5, 5.41) is 19.4. The molecule has 1 aromatic carbocycles. The zero-order valence-corrected chi connectivity index (χ0v) is 11.3. The van der Waals surface area contributed by atoms with Crippen LogP contribution in [0, 0.1) is 5.41 Å². The van der Waals surface area contributed by atoms with Crippen LogP contribution in [0.15, 0.2) is 41.9 Å². The smallest absolute Gasteiger partial charge is 0.279 e. The van der Waals surface area contributed by atoms with Gasteiger partial charge in [-0.25, -0.2) is 4.99 Å². The van der Waals surface area contributed by atoms with Gasteiger partial charge in [0.15, 0.2) is 4.80 Å². The predicted octanol–water partition coefficient (Wildman–Crippen LogP) is 0.279. The molecular weight excluding hydrogens is 274 g/mol. The fraction of sp³-hybridized carbons (Fsp3) is 0.0714. The number of hydrogen-bond acceptors (Lipinski definition) is 4. The third-order valence-corrected chi connectivity index (χ3v) is 4.06. The van der Waals surface area contributed by atoms with Crippen molar-refractivity contribution < 1.29 is 9.90 Å². The second-order valence-electron chi connectivity index (χ2n) is 4.27. The zero-order valence-electron chi connectivity index (χ0n) is 10.5. The first-order chi connectivity index (χ1) is 9.63. The van der Waals surface area contributed by atoms with E-state index in [1.807, 2.05) is 6.07 Å². The minimum Gasteiger partial charge on any atom is -0.493 e. The Hall–Kier alpha value is -2.47. The molecule has 0 aliphatic carbocycles. The van der Waals surface area contributed by atoms with Crippen LogP contribution in [0.1, 0.15) is 4.88 Å². The highest BCUT2D eigenvalue weighted by Crippen LogP contribution is 2.27. The summed E-state index contributed by atoms with van der Waals surface area (Å²) in [5.74, 6) is -0.469. The molecule has 2 N–H and O–H groups in total. The van der Waals surface area contributed by atoms with Crippen LogP contribution < -0.4 is 15.4 Å². The number of benzene rings is 1. The van der Waals surface area contributed by atoms with E-state index in [0.29, 0.717) is 27.6 Å². The molecule has 0 saturated heterocycles. The van der Waals surface area contributed by atoms with Crippen molar-refractivity contribution >= 4 is 22.8 Å². The van der Waals surface area contributed by atoms with E-state index in [2.05, 4.69) is 11.6 Å². The van der Waals surface area contributed by atoms with Gasteiger partial charge in [0, 0.05) is 11.8 Å². The monoisotopic (exact) mass is 285 g/mol. The molecule has 6 heteroatoms. The van der Waals surface area contributed by atoms with Crippen LogP contribution in [0.25, 0.3) is 5.57 Å². The van der Waals surface area contributed by atoms with Gasteiger partial charge in [-0.2, -0.15) is 0 Å². The lowest BCUT2D eigenvalue weighted by Gasteiger charge is -2.01. The molecule has 0 atom stereocenters. The number of thiazole rings is 1. The molecule has 100 valence electrons. The molecule has 0 unspecified atom stereocenters. The number of rotatable bonds is 3. The Balaban J connectivity index is 2.34. The summed E-state index contributed by atoms with van der Waals surface area (Å²) in [5.41, 5.74) is 0.361. The number of hydrogen-bond donors (Lipinski definition) is 2. The maximum Gasteiger partial charge on any atom is 0.279 e. The van der Waals surface area contributed by atoms with E-state index in [4.69, 9.17) is 5.41 Å². The van der Waals surface area contributed by atoms with Crippen LogP contribution in [0.3, 0.4) is 0 Å². The Kier molecular flexibility index (Phi) is 2.87. The number of fused-ring (bicyclic) bond motifs is 1. The number of amides is 1. The predicted molar refractivity (Wildman–Crippen MR) is 74.8 cm³/mol. The molecule has 1 aliphatic heterocycles.